The van der Waals surface area contributed by atoms with Crippen molar-refractivity contribution in [1.82, 2.24) is 15.6 Å². The van der Waals surface area contributed by atoms with Gasteiger partial charge in [-0.1, -0.05) is 23.8 Å². The first-order valence-electron chi connectivity index (χ1n) is 8.02. The molecule has 1 aromatic heterocycles. The van der Waals surface area contributed by atoms with Gasteiger partial charge in [-0.2, -0.15) is 0 Å². The third-order valence-electron chi connectivity index (χ3n) is 3.81. The number of thiazole rings is 1. The van der Waals surface area contributed by atoms with Crippen LogP contribution < -0.4 is 10.6 Å². The molecule has 1 amide bonds. The van der Waals surface area contributed by atoms with Gasteiger partial charge in [0.15, 0.2) is 0 Å². The topological polar surface area (TPSA) is 54.0 Å². The van der Waals surface area contributed by atoms with Crippen LogP contribution in [0.4, 0.5) is 0 Å². The fraction of sp³-hybridized carbons (Fsp3) is 0.333. The number of aromatic nitrogens is 1. The molecule has 0 spiro atoms. The number of carbonyl (C=O) groups excluding carboxylic acids is 1. The fourth-order valence-electron chi connectivity index (χ4n) is 2.53. The molecule has 1 aromatic carbocycles. The summed E-state index contributed by atoms with van der Waals surface area (Å²) < 4.78 is 0. The molecular formula is C18H23Cl2N3OS2. The number of thioether (sulfide) groups is 1. The minimum Gasteiger partial charge on any atom is -0.348 e. The first-order chi connectivity index (χ1) is 11.7. The summed E-state index contributed by atoms with van der Waals surface area (Å²) in [5, 5.41) is 9.48. The number of nitrogens with zero attached hydrogens (tertiary/aromatic N) is 1. The number of halogens is 2. The predicted octanol–water partition coefficient (Wildman–Crippen LogP) is 4.24. The molecule has 0 atom stereocenters. The predicted molar refractivity (Wildman–Crippen MR) is 115 cm³/mol. The number of hydrogen-bond acceptors (Lipinski definition) is 5. The summed E-state index contributed by atoms with van der Waals surface area (Å²) in [4.78, 5) is 18.0. The third-order valence-corrected chi connectivity index (χ3v) is 5.74. The molecule has 0 unspecified atom stereocenters. The Balaban J connectivity index is 0.00000169. The first kappa shape index (κ1) is 23.0. The summed E-state index contributed by atoms with van der Waals surface area (Å²) in [5.41, 5.74) is 3.10. The van der Waals surface area contributed by atoms with E-state index >= 15 is 0 Å². The van der Waals surface area contributed by atoms with Crippen LogP contribution in [0.2, 0.25) is 0 Å². The van der Waals surface area contributed by atoms with Crippen LogP contribution in [0.1, 0.15) is 27.5 Å². The summed E-state index contributed by atoms with van der Waals surface area (Å²) in [5.74, 6) is 0.776. The fourth-order valence-corrected chi connectivity index (χ4v) is 4.19. The molecule has 0 fully saturated rings. The highest BCUT2D eigenvalue weighted by molar-refractivity contribution is 7.98. The van der Waals surface area contributed by atoms with E-state index in [4.69, 9.17) is 0 Å². The molecule has 1 aliphatic heterocycles. The molecule has 0 saturated carbocycles. The van der Waals surface area contributed by atoms with E-state index in [0.29, 0.717) is 6.54 Å². The zero-order chi connectivity index (χ0) is 16.8. The van der Waals surface area contributed by atoms with Gasteiger partial charge in [0.1, 0.15) is 0 Å². The second-order valence-electron chi connectivity index (χ2n) is 5.64. The average Bonchev–Trinajstić information content (AvgIpc) is 3.04. The second-order valence-corrected chi connectivity index (χ2v) is 7.72. The van der Waals surface area contributed by atoms with Crippen molar-refractivity contribution >= 4 is 53.8 Å². The maximum Gasteiger partial charge on any atom is 0.252 e. The van der Waals surface area contributed by atoms with Crippen molar-refractivity contribution in [3.8, 4) is 0 Å². The standard InChI is InChI=1S/C18H21N3OS2.2ClH/c1-13-21-15(11-23-13)12-24-17-5-3-2-4-16(17)18(22)20-10-14-6-8-19-9-7-14;;/h2-6,11,19H,7-10,12H2,1H3,(H,20,22);2*1H. The Morgan fingerprint density at radius 2 is 2.15 bits per heavy atom. The Morgan fingerprint density at radius 1 is 1.35 bits per heavy atom. The van der Waals surface area contributed by atoms with E-state index in [1.165, 1.54) is 5.57 Å². The van der Waals surface area contributed by atoms with E-state index in [0.717, 1.165) is 46.4 Å². The summed E-state index contributed by atoms with van der Waals surface area (Å²) in [6.07, 6.45) is 3.16. The van der Waals surface area contributed by atoms with Crippen molar-refractivity contribution in [2.24, 2.45) is 0 Å². The molecule has 0 aliphatic carbocycles. The van der Waals surface area contributed by atoms with Gasteiger partial charge in [-0.3, -0.25) is 4.79 Å². The van der Waals surface area contributed by atoms with Crippen LogP contribution in [0.15, 0.2) is 46.2 Å². The second kappa shape index (κ2) is 11.6. The van der Waals surface area contributed by atoms with Crippen LogP contribution in [-0.2, 0) is 5.75 Å². The van der Waals surface area contributed by atoms with Gasteiger partial charge in [0, 0.05) is 29.1 Å². The Labute approximate surface area is 175 Å². The molecule has 0 saturated heterocycles. The van der Waals surface area contributed by atoms with Gasteiger partial charge in [0.25, 0.3) is 5.91 Å². The molecule has 2 aromatic rings. The minimum atomic E-state index is -0.00742. The lowest BCUT2D eigenvalue weighted by Crippen LogP contribution is -2.29. The van der Waals surface area contributed by atoms with E-state index in [-0.39, 0.29) is 30.7 Å². The summed E-state index contributed by atoms with van der Waals surface area (Å²) in [6, 6.07) is 7.78. The molecule has 2 heterocycles. The Kier molecular flexibility index (Phi) is 10.3. The quantitative estimate of drug-likeness (QED) is 0.530. The van der Waals surface area contributed by atoms with Crippen LogP contribution in [0.3, 0.4) is 0 Å². The first-order valence-corrected chi connectivity index (χ1v) is 9.88. The van der Waals surface area contributed by atoms with Gasteiger partial charge in [-0.05, 0) is 32.0 Å². The molecule has 142 valence electrons. The van der Waals surface area contributed by atoms with Gasteiger partial charge < -0.3 is 10.6 Å². The smallest absolute Gasteiger partial charge is 0.252 e. The van der Waals surface area contributed by atoms with Gasteiger partial charge in [0.05, 0.1) is 16.3 Å². The van der Waals surface area contributed by atoms with Crippen molar-refractivity contribution in [3.05, 3.63) is 57.6 Å². The van der Waals surface area contributed by atoms with Crippen LogP contribution in [0, 0.1) is 6.92 Å². The van der Waals surface area contributed by atoms with Crippen LogP contribution in [0.5, 0.6) is 0 Å². The molecule has 8 heteroatoms. The highest BCUT2D eigenvalue weighted by atomic mass is 35.5. The van der Waals surface area contributed by atoms with Crippen molar-refractivity contribution in [2.45, 2.75) is 24.0 Å². The van der Waals surface area contributed by atoms with Crippen LogP contribution in [0.25, 0.3) is 0 Å². The van der Waals surface area contributed by atoms with Crippen LogP contribution >= 0.6 is 47.9 Å². The third kappa shape index (κ3) is 6.59. The van der Waals surface area contributed by atoms with Crippen molar-refractivity contribution in [2.75, 3.05) is 19.6 Å². The van der Waals surface area contributed by atoms with Gasteiger partial charge in [-0.15, -0.1) is 47.9 Å². The monoisotopic (exact) mass is 431 g/mol. The molecular weight excluding hydrogens is 409 g/mol. The number of aryl methyl sites for hydroxylation is 1. The molecule has 1 aliphatic rings. The van der Waals surface area contributed by atoms with Gasteiger partial charge >= 0.3 is 0 Å². The zero-order valence-electron chi connectivity index (χ0n) is 14.5. The number of hydrogen-bond donors (Lipinski definition) is 2. The normalized spacial score (nSPS) is 13.2. The maximum absolute atomic E-state index is 12.5. The Bertz CT molecular complexity index is 750. The number of rotatable bonds is 6. The lowest BCUT2D eigenvalue weighted by Gasteiger charge is -2.15. The highest BCUT2D eigenvalue weighted by Crippen LogP contribution is 2.26. The Morgan fingerprint density at radius 3 is 2.85 bits per heavy atom. The van der Waals surface area contributed by atoms with E-state index in [1.54, 1.807) is 23.1 Å². The summed E-state index contributed by atoms with van der Waals surface area (Å²) in [6.45, 7) is 4.52. The van der Waals surface area contributed by atoms with Crippen molar-refractivity contribution < 1.29 is 4.79 Å². The van der Waals surface area contributed by atoms with Crippen molar-refractivity contribution in [1.29, 1.82) is 0 Å². The molecule has 0 radical (unpaired) electrons. The average molecular weight is 432 g/mol. The molecule has 0 bridgehead atoms. The Hall–Kier alpha value is -1.05. The molecule has 26 heavy (non-hydrogen) atoms. The van der Waals surface area contributed by atoms with Crippen LogP contribution in [-0.4, -0.2) is 30.5 Å². The number of benzene rings is 1. The summed E-state index contributed by atoms with van der Waals surface area (Å²) in [7, 11) is 0. The minimum absolute atomic E-state index is 0. The van der Waals surface area contributed by atoms with Gasteiger partial charge in [0.2, 0.25) is 0 Å². The molecule has 4 nitrogen and oxygen atoms in total. The van der Waals surface area contributed by atoms with E-state index < -0.39 is 0 Å². The van der Waals surface area contributed by atoms with E-state index in [1.807, 2.05) is 31.2 Å². The molecule has 3 rings (SSSR count). The van der Waals surface area contributed by atoms with E-state index in [9.17, 15) is 4.79 Å². The zero-order valence-corrected chi connectivity index (χ0v) is 17.8. The number of nitrogens with one attached hydrogen (secondary N) is 2. The largest absolute Gasteiger partial charge is 0.348 e. The number of carbonyl (C=O) groups is 1. The number of amides is 1. The van der Waals surface area contributed by atoms with Crippen molar-refractivity contribution in [3.63, 3.8) is 0 Å². The lowest BCUT2D eigenvalue weighted by molar-refractivity contribution is 0.0953. The SMILES string of the molecule is Cc1nc(CSc2ccccc2C(=O)NCC2=CCNCC2)cs1.Cl.Cl. The van der Waals surface area contributed by atoms with E-state index in [2.05, 4.69) is 27.1 Å². The summed E-state index contributed by atoms with van der Waals surface area (Å²) >= 11 is 3.32. The molecule has 2 N–H and O–H groups in total. The van der Waals surface area contributed by atoms with Gasteiger partial charge in [-0.25, -0.2) is 4.98 Å². The maximum atomic E-state index is 12.5. The lowest BCUT2D eigenvalue weighted by atomic mass is 10.1. The highest BCUT2D eigenvalue weighted by Gasteiger charge is 2.13.